The van der Waals surface area contributed by atoms with Crippen LogP contribution in [0.15, 0.2) is 35.7 Å². The van der Waals surface area contributed by atoms with Gasteiger partial charge >= 0.3 is 0 Å². The highest BCUT2D eigenvalue weighted by molar-refractivity contribution is 7.20. The number of hydrogen-bond acceptors (Lipinski definition) is 5. The molecule has 0 atom stereocenters. The fourth-order valence-corrected chi connectivity index (χ4v) is 4.69. The average Bonchev–Trinajstić information content (AvgIpc) is 3.25. The Hall–Kier alpha value is -1.63. The summed E-state index contributed by atoms with van der Waals surface area (Å²) in [6.45, 7) is 1.43. The first-order valence-electron chi connectivity index (χ1n) is 7.75. The summed E-state index contributed by atoms with van der Waals surface area (Å²) in [5, 5.41) is 3.23. The van der Waals surface area contributed by atoms with E-state index in [2.05, 4.69) is 4.98 Å². The van der Waals surface area contributed by atoms with Crippen LogP contribution in [0.25, 0.3) is 10.2 Å². The van der Waals surface area contributed by atoms with E-state index in [0.29, 0.717) is 23.3 Å². The van der Waals surface area contributed by atoms with Gasteiger partial charge in [0.25, 0.3) is 11.1 Å². The molecule has 1 aliphatic heterocycles. The van der Waals surface area contributed by atoms with Crippen LogP contribution in [0.3, 0.4) is 0 Å². The molecular formula is C17H15ClN2O2S2. The minimum Gasteiger partial charge on any atom is -0.467 e. The first-order valence-corrected chi connectivity index (χ1v) is 9.82. The van der Waals surface area contributed by atoms with E-state index >= 15 is 0 Å². The molecule has 124 valence electrons. The number of carbonyl (C=O) groups excluding carboxylic acids is 1. The Balaban J connectivity index is 1.39. The summed E-state index contributed by atoms with van der Waals surface area (Å²) in [5.41, 5.74) is 0.796. The van der Waals surface area contributed by atoms with Crippen molar-refractivity contribution >= 4 is 50.4 Å². The van der Waals surface area contributed by atoms with Crippen LogP contribution in [0.5, 0.6) is 5.19 Å². The van der Waals surface area contributed by atoms with Crippen molar-refractivity contribution in [1.82, 2.24) is 9.88 Å². The van der Waals surface area contributed by atoms with E-state index in [9.17, 15) is 4.79 Å². The number of aromatic nitrogens is 1. The van der Waals surface area contributed by atoms with Crippen molar-refractivity contribution in [2.75, 3.05) is 13.1 Å². The molecule has 0 N–H and O–H groups in total. The zero-order valence-electron chi connectivity index (χ0n) is 12.8. The molecule has 3 heterocycles. The lowest BCUT2D eigenvalue weighted by Gasteiger charge is -2.31. The van der Waals surface area contributed by atoms with Gasteiger partial charge in [-0.2, -0.15) is 0 Å². The third-order valence-electron chi connectivity index (χ3n) is 4.08. The maximum absolute atomic E-state index is 12.4. The number of carbonyl (C=O) groups is 1. The largest absolute Gasteiger partial charge is 0.467 e. The summed E-state index contributed by atoms with van der Waals surface area (Å²) in [7, 11) is 0. The third kappa shape index (κ3) is 3.14. The molecule has 4 rings (SSSR count). The first kappa shape index (κ1) is 15.9. The topological polar surface area (TPSA) is 42.4 Å². The second kappa shape index (κ2) is 6.70. The second-order valence-corrected chi connectivity index (χ2v) is 8.00. The molecule has 1 aromatic carbocycles. The van der Waals surface area contributed by atoms with Crippen molar-refractivity contribution in [2.24, 2.45) is 0 Å². The van der Waals surface area contributed by atoms with Crippen molar-refractivity contribution in [3.8, 4) is 5.19 Å². The van der Waals surface area contributed by atoms with E-state index in [4.69, 9.17) is 16.3 Å². The van der Waals surface area contributed by atoms with Crippen molar-refractivity contribution in [1.29, 1.82) is 0 Å². The van der Waals surface area contributed by atoms with E-state index in [1.54, 1.807) is 0 Å². The highest BCUT2D eigenvalue weighted by atomic mass is 35.5. The number of benzene rings is 1. The number of nitrogens with zero attached hydrogens (tertiary/aromatic N) is 2. The maximum atomic E-state index is 12.4. The van der Waals surface area contributed by atoms with Crippen LogP contribution in [0.2, 0.25) is 5.02 Å². The lowest BCUT2D eigenvalue weighted by Crippen LogP contribution is -2.41. The molecule has 1 aliphatic rings. The number of halogens is 1. The fraction of sp³-hybridized carbons (Fsp3) is 0.294. The van der Waals surface area contributed by atoms with Crippen LogP contribution in [0, 0.1) is 0 Å². The lowest BCUT2D eigenvalue weighted by atomic mass is 10.1. The highest BCUT2D eigenvalue weighted by Gasteiger charge is 2.25. The van der Waals surface area contributed by atoms with Crippen LogP contribution in [0.1, 0.15) is 22.5 Å². The van der Waals surface area contributed by atoms with E-state index in [-0.39, 0.29) is 12.0 Å². The number of likely N-dealkylation sites (tertiary alicyclic amines) is 1. The Kier molecular flexibility index (Phi) is 4.43. The fourth-order valence-electron chi connectivity index (χ4n) is 2.82. The summed E-state index contributed by atoms with van der Waals surface area (Å²) >= 11 is 9.16. The average molecular weight is 379 g/mol. The van der Waals surface area contributed by atoms with Gasteiger partial charge in [0.1, 0.15) is 11.6 Å². The van der Waals surface area contributed by atoms with Gasteiger partial charge in [0.05, 0.1) is 14.6 Å². The van der Waals surface area contributed by atoms with Gasteiger partial charge in [-0.3, -0.25) is 4.79 Å². The van der Waals surface area contributed by atoms with Crippen molar-refractivity contribution < 1.29 is 9.53 Å². The molecule has 0 bridgehead atoms. The van der Waals surface area contributed by atoms with Gasteiger partial charge in [-0.15, -0.1) is 11.3 Å². The molecule has 1 fully saturated rings. The predicted molar refractivity (Wildman–Crippen MR) is 98.5 cm³/mol. The lowest BCUT2D eigenvalue weighted by molar-refractivity contribution is 0.0600. The maximum Gasteiger partial charge on any atom is 0.274 e. The number of piperidine rings is 1. The normalized spacial score (nSPS) is 15.8. The highest BCUT2D eigenvalue weighted by Crippen LogP contribution is 2.33. The van der Waals surface area contributed by atoms with Crippen LogP contribution >= 0.6 is 34.3 Å². The number of thiazole rings is 1. The molecule has 2 aromatic heterocycles. The zero-order chi connectivity index (χ0) is 16.5. The Morgan fingerprint density at radius 3 is 2.79 bits per heavy atom. The van der Waals surface area contributed by atoms with E-state index in [1.165, 1.54) is 22.7 Å². The zero-order valence-corrected chi connectivity index (χ0v) is 15.2. The minimum atomic E-state index is 0.0942. The molecule has 3 aromatic rings. The summed E-state index contributed by atoms with van der Waals surface area (Å²) in [6.07, 6.45) is 1.73. The third-order valence-corrected chi connectivity index (χ3v) is 6.15. The van der Waals surface area contributed by atoms with Gasteiger partial charge in [-0.1, -0.05) is 35.1 Å². The molecule has 0 spiro atoms. The molecule has 0 radical (unpaired) electrons. The van der Waals surface area contributed by atoms with Gasteiger partial charge in [-0.05, 0) is 23.6 Å². The Labute approximate surface area is 152 Å². The molecule has 1 amide bonds. The minimum absolute atomic E-state index is 0.0942. The molecule has 0 unspecified atom stereocenters. The molecule has 1 saturated heterocycles. The number of para-hydroxylation sites is 1. The van der Waals surface area contributed by atoms with E-state index in [0.717, 1.165) is 27.9 Å². The van der Waals surface area contributed by atoms with Crippen LogP contribution in [0.4, 0.5) is 0 Å². The van der Waals surface area contributed by atoms with Crippen molar-refractivity contribution in [3.05, 3.63) is 45.6 Å². The van der Waals surface area contributed by atoms with Crippen LogP contribution < -0.4 is 4.74 Å². The molecule has 0 aliphatic carbocycles. The summed E-state index contributed by atoms with van der Waals surface area (Å²) in [4.78, 5) is 19.5. The Morgan fingerprint density at radius 1 is 1.25 bits per heavy atom. The molecule has 7 heteroatoms. The van der Waals surface area contributed by atoms with Gasteiger partial charge in [0.15, 0.2) is 0 Å². The smallest absolute Gasteiger partial charge is 0.274 e. The molecule has 4 nitrogen and oxygen atoms in total. The second-order valence-electron chi connectivity index (χ2n) is 5.65. The molecule has 24 heavy (non-hydrogen) atoms. The van der Waals surface area contributed by atoms with Gasteiger partial charge in [-0.25, -0.2) is 4.98 Å². The number of thiophene rings is 1. The summed E-state index contributed by atoms with van der Waals surface area (Å²) in [6, 6.07) is 9.53. The van der Waals surface area contributed by atoms with Gasteiger partial charge in [0.2, 0.25) is 0 Å². The van der Waals surface area contributed by atoms with Crippen molar-refractivity contribution in [3.63, 3.8) is 0 Å². The summed E-state index contributed by atoms with van der Waals surface area (Å²) < 4.78 is 7.06. The van der Waals surface area contributed by atoms with Crippen LogP contribution in [-0.2, 0) is 0 Å². The van der Waals surface area contributed by atoms with Crippen molar-refractivity contribution in [2.45, 2.75) is 18.9 Å². The SMILES string of the molecule is O=C(c1cccs1)N1CCC(Oc2nc3c(Cl)cccc3s2)CC1. The Morgan fingerprint density at radius 2 is 2.08 bits per heavy atom. The predicted octanol–water partition coefficient (Wildman–Crippen LogP) is 4.69. The van der Waals surface area contributed by atoms with Crippen LogP contribution in [-0.4, -0.2) is 35.0 Å². The Bertz CT molecular complexity index is 855. The number of amides is 1. The number of fused-ring (bicyclic) bond motifs is 1. The number of hydrogen-bond donors (Lipinski definition) is 0. The summed E-state index contributed by atoms with van der Waals surface area (Å²) in [5.74, 6) is 0.121. The van der Waals surface area contributed by atoms with E-state index < -0.39 is 0 Å². The van der Waals surface area contributed by atoms with E-state index in [1.807, 2.05) is 40.6 Å². The molecular weight excluding hydrogens is 364 g/mol. The molecule has 0 saturated carbocycles. The quantitative estimate of drug-likeness (QED) is 0.663. The van der Waals surface area contributed by atoms with Gasteiger partial charge < -0.3 is 9.64 Å². The first-order chi connectivity index (χ1) is 11.7. The number of rotatable bonds is 3. The number of ether oxygens (including phenoxy) is 1. The standard InChI is InChI=1S/C17H15ClN2O2S2/c18-12-3-1-4-13-15(12)19-17(24-13)22-11-6-8-20(9-7-11)16(21)14-5-2-10-23-14/h1-5,10-11H,6-9H2. The monoisotopic (exact) mass is 378 g/mol. The van der Waals surface area contributed by atoms with Gasteiger partial charge in [0, 0.05) is 25.9 Å².